The van der Waals surface area contributed by atoms with Crippen molar-refractivity contribution in [3.8, 4) is 0 Å². The highest BCUT2D eigenvalue weighted by molar-refractivity contribution is 9.10. The Bertz CT molecular complexity index is 582. The Kier molecular flexibility index (Phi) is 4.29. The van der Waals surface area contributed by atoms with Gasteiger partial charge in [0.05, 0.1) is 6.04 Å². The quantitative estimate of drug-likeness (QED) is 0.668. The summed E-state index contributed by atoms with van der Waals surface area (Å²) in [5, 5.41) is 0. The zero-order chi connectivity index (χ0) is 14.0. The highest BCUT2D eigenvalue weighted by Crippen LogP contribution is 2.29. The van der Waals surface area contributed by atoms with Crippen LogP contribution >= 0.6 is 15.9 Å². The number of benzene rings is 2. The fraction of sp³-hybridized carbons (Fsp3) is 0.143. The molecule has 2 nitrogen and oxygen atoms in total. The third-order valence-electron chi connectivity index (χ3n) is 3.01. The summed E-state index contributed by atoms with van der Waals surface area (Å²) < 4.78 is 27.5. The van der Waals surface area contributed by atoms with Gasteiger partial charge in [-0.1, -0.05) is 28.1 Å². The van der Waals surface area contributed by atoms with Gasteiger partial charge >= 0.3 is 0 Å². The van der Waals surface area contributed by atoms with Crippen molar-refractivity contribution in [2.24, 2.45) is 5.84 Å². The molecule has 3 N–H and O–H groups in total. The molecule has 2 rings (SSSR count). The zero-order valence-corrected chi connectivity index (χ0v) is 11.8. The van der Waals surface area contributed by atoms with Crippen LogP contribution in [-0.4, -0.2) is 0 Å². The lowest BCUT2D eigenvalue weighted by Crippen LogP contribution is -2.29. The van der Waals surface area contributed by atoms with Crippen molar-refractivity contribution in [3.05, 3.63) is 69.2 Å². The first-order chi connectivity index (χ1) is 9.02. The van der Waals surface area contributed by atoms with E-state index in [4.69, 9.17) is 5.84 Å². The maximum Gasteiger partial charge on any atom is 0.126 e. The predicted octanol–water partition coefficient (Wildman–Crippen LogP) is 3.59. The van der Waals surface area contributed by atoms with Crippen LogP contribution in [0, 0.1) is 18.6 Å². The summed E-state index contributed by atoms with van der Waals surface area (Å²) in [7, 11) is 0. The van der Waals surface area contributed by atoms with E-state index in [-0.39, 0.29) is 0 Å². The van der Waals surface area contributed by atoms with E-state index in [1.54, 1.807) is 0 Å². The second-order valence-corrected chi connectivity index (χ2v) is 5.11. The minimum absolute atomic E-state index is 0.446. The van der Waals surface area contributed by atoms with Crippen molar-refractivity contribution in [1.82, 2.24) is 5.43 Å². The van der Waals surface area contributed by atoms with Gasteiger partial charge in [-0.05, 0) is 41.8 Å². The summed E-state index contributed by atoms with van der Waals surface area (Å²) in [5.41, 5.74) is 4.88. The Hall–Kier alpha value is -1.30. The predicted molar refractivity (Wildman–Crippen MR) is 74.4 cm³/mol. The molecule has 0 aliphatic heterocycles. The lowest BCUT2D eigenvalue weighted by Gasteiger charge is -2.20. The number of hydrazine groups is 1. The summed E-state index contributed by atoms with van der Waals surface area (Å²) in [4.78, 5) is 0. The largest absolute Gasteiger partial charge is 0.271 e. The third kappa shape index (κ3) is 3.00. The van der Waals surface area contributed by atoms with E-state index in [0.717, 1.165) is 21.7 Å². The standard InChI is InChI=1S/C14H13BrF2N2/c1-8-12(3-2-4-13(8)15)14(19-18)9-5-10(16)7-11(17)6-9/h2-7,14,19H,18H2,1H3. The first-order valence-electron chi connectivity index (χ1n) is 5.70. The molecule has 2 aromatic rings. The molecule has 100 valence electrons. The van der Waals surface area contributed by atoms with Crippen molar-refractivity contribution in [1.29, 1.82) is 0 Å². The highest BCUT2D eigenvalue weighted by atomic mass is 79.9. The van der Waals surface area contributed by atoms with E-state index in [9.17, 15) is 8.78 Å². The molecule has 1 unspecified atom stereocenters. The minimum atomic E-state index is -0.622. The summed E-state index contributed by atoms with van der Waals surface area (Å²) in [6, 6.07) is 8.54. The summed E-state index contributed by atoms with van der Waals surface area (Å²) >= 11 is 3.43. The number of nitrogens with two attached hydrogens (primary N) is 1. The van der Waals surface area contributed by atoms with Gasteiger partial charge in [0.1, 0.15) is 11.6 Å². The SMILES string of the molecule is Cc1c(Br)cccc1C(NN)c1cc(F)cc(F)c1. The Morgan fingerprint density at radius 2 is 1.79 bits per heavy atom. The van der Waals surface area contributed by atoms with E-state index in [1.807, 2.05) is 25.1 Å². The van der Waals surface area contributed by atoms with Crippen LogP contribution in [0.2, 0.25) is 0 Å². The van der Waals surface area contributed by atoms with Crippen molar-refractivity contribution >= 4 is 15.9 Å². The molecule has 0 saturated carbocycles. The zero-order valence-electron chi connectivity index (χ0n) is 10.3. The van der Waals surface area contributed by atoms with Crippen LogP contribution in [0.15, 0.2) is 40.9 Å². The monoisotopic (exact) mass is 326 g/mol. The topological polar surface area (TPSA) is 38.0 Å². The number of hydrogen-bond acceptors (Lipinski definition) is 2. The van der Waals surface area contributed by atoms with Crippen molar-refractivity contribution in [3.63, 3.8) is 0 Å². The molecular formula is C14H13BrF2N2. The fourth-order valence-electron chi connectivity index (χ4n) is 2.04. The van der Waals surface area contributed by atoms with Crippen LogP contribution in [0.1, 0.15) is 22.7 Å². The molecule has 1 atom stereocenters. The molecule has 0 aliphatic carbocycles. The Morgan fingerprint density at radius 3 is 2.37 bits per heavy atom. The fourth-order valence-corrected chi connectivity index (χ4v) is 2.43. The lowest BCUT2D eigenvalue weighted by atomic mass is 9.95. The van der Waals surface area contributed by atoms with Gasteiger partial charge in [-0.25, -0.2) is 14.2 Å². The third-order valence-corrected chi connectivity index (χ3v) is 3.86. The van der Waals surface area contributed by atoms with E-state index in [1.165, 1.54) is 12.1 Å². The summed E-state index contributed by atoms with van der Waals surface area (Å²) in [6.45, 7) is 1.92. The van der Waals surface area contributed by atoms with Gasteiger partial charge in [0.2, 0.25) is 0 Å². The molecule has 0 amide bonds. The van der Waals surface area contributed by atoms with Gasteiger partial charge in [0.25, 0.3) is 0 Å². The van der Waals surface area contributed by atoms with E-state index in [2.05, 4.69) is 21.4 Å². The maximum absolute atomic E-state index is 13.3. The van der Waals surface area contributed by atoms with Crippen LogP contribution < -0.4 is 11.3 Å². The molecule has 0 aromatic heterocycles. The van der Waals surface area contributed by atoms with Gasteiger partial charge < -0.3 is 0 Å². The van der Waals surface area contributed by atoms with Crippen molar-refractivity contribution in [2.75, 3.05) is 0 Å². The highest BCUT2D eigenvalue weighted by Gasteiger charge is 2.17. The molecule has 0 saturated heterocycles. The second-order valence-electron chi connectivity index (χ2n) is 4.26. The van der Waals surface area contributed by atoms with Crippen molar-refractivity contribution < 1.29 is 8.78 Å². The smallest absolute Gasteiger partial charge is 0.126 e. The average molecular weight is 327 g/mol. The normalized spacial score (nSPS) is 12.5. The van der Waals surface area contributed by atoms with Gasteiger partial charge in [-0.3, -0.25) is 5.84 Å². The van der Waals surface area contributed by atoms with Gasteiger partial charge in [0.15, 0.2) is 0 Å². The van der Waals surface area contributed by atoms with E-state index in [0.29, 0.717) is 5.56 Å². The number of nitrogens with one attached hydrogen (secondary N) is 1. The van der Waals surface area contributed by atoms with Gasteiger partial charge in [0, 0.05) is 10.5 Å². The summed E-state index contributed by atoms with van der Waals surface area (Å²) in [5.74, 6) is 4.30. The van der Waals surface area contributed by atoms with Crippen LogP contribution in [0.5, 0.6) is 0 Å². The molecule has 0 heterocycles. The lowest BCUT2D eigenvalue weighted by molar-refractivity contribution is 0.565. The van der Waals surface area contributed by atoms with Crippen LogP contribution in [0.3, 0.4) is 0 Å². The number of halogens is 3. The van der Waals surface area contributed by atoms with Crippen molar-refractivity contribution in [2.45, 2.75) is 13.0 Å². The second kappa shape index (κ2) is 5.77. The van der Waals surface area contributed by atoms with Crippen LogP contribution in [0.4, 0.5) is 8.78 Å². The Balaban J connectivity index is 2.53. The average Bonchev–Trinajstić information content (AvgIpc) is 2.34. The van der Waals surface area contributed by atoms with Crippen LogP contribution in [0.25, 0.3) is 0 Å². The molecule has 2 aromatic carbocycles. The van der Waals surface area contributed by atoms with E-state index < -0.39 is 17.7 Å². The molecule has 0 aliphatic rings. The minimum Gasteiger partial charge on any atom is -0.271 e. The Labute approximate surface area is 118 Å². The molecular weight excluding hydrogens is 314 g/mol. The molecule has 0 bridgehead atoms. The van der Waals surface area contributed by atoms with Crippen LogP contribution in [-0.2, 0) is 0 Å². The first-order valence-corrected chi connectivity index (χ1v) is 6.49. The maximum atomic E-state index is 13.3. The summed E-state index contributed by atoms with van der Waals surface area (Å²) in [6.07, 6.45) is 0. The van der Waals surface area contributed by atoms with E-state index >= 15 is 0 Å². The Morgan fingerprint density at radius 1 is 1.16 bits per heavy atom. The first kappa shape index (κ1) is 14.1. The molecule has 5 heteroatoms. The molecule has 0 spiro atoms. The van der Waals surface area contributed by atoms with Gasteiger partial charge in [-0.15, -0.1) is 0 Å². The number of rotatable bonds is 3. The molecule has 19 heavy (non-hydrogen) atoms. The molecule has 0 fully saturated rings. The molecule has 0 radical (unpaired) electrons. The van der Waals surface area contributed by atoms with Gasteiger partial charge in [-0.2, -0.15) is 0 Å². The number of hydrogen-bond donors (Lipinski definition) is 2.